The van der Waals surface area contributed by atoms with Gasteiger partial charge in [-0.1, -0.05) is 42.5 Å². The average molecular weight is 582 g/mol. The molecule has 8 aromatic rings. The molecular formula is C38H27N7. The van der Waals surface area contributed by atoms with Gasteiger partial charge in [0, 0.05) is 52.6 Å². The lowest BCUT2D eigenvalue weighted by Crippen LogP contribution is -2.12. The summed E-state index contributed by atoms with van der Waals surface area (Å²) in [5.74, 6) is 3.16. The molecule has 0 amide bonds. The van der Waals surface area contributed by atoms with Crippen LogP contribution in [0.15, 0.2) is 164 Å². The van der Waals surface area contributed by atoms with Crippen molar-refractivity contribution in [3.05, 3.63) is 164 Å². The summed E-state index contributed by atoms with van der Waals surface area (Å²) in [6.45, 7) is 0. The normalized spacial score (nSPS) is 11.1. The third-order valence-corrected chi connectivity index (χ3v) is 7.78. The number of benzene rings is 3. The zero-order valence-electron chi connectivity index (χ0n) is 24.2. The lowest BCUT2D eigenvalue weighted by atomic mass is 10.1. The second-order valence-corrected chi connectivity index (χ2v) is 10.5. The zero-order chi connectivity index (χ0) is 30.0. The third kappa shape index (κ3) is 4.82. The van der Waals surface area contributed by atoms with E-state index in [-0.39, 0.29) is 0 Å². The van der Waals surface area contributed by atoms with Crippen LogP contribution in [-0.4, -0.2) is 24.5 Å². The molecule has 0 aliphatic carbocycles. The van der Waals surface area contributed by atoms with E-state index in [0.29, 0.717) is 0 Å². The van der Waals surface area contributed by atoms with Gasteiger partial charge in [-0.2, -0.15) is 0 Å². The van der Waals surface area contributed by atoms with E-state index >= 15 is 0 Å². The second-order valence-electron chi connectivity index (χ2n) is 10.5. The van der Waals surface area contributed by atoms with Gasteiger partial charge in [0.15, 0.2) is 0 Å². The largest absolute Gasteiger partial charge is 0.309 e. The molecule has 0 bridgehead atoms. The van der Waals surface area contributed by atoms with Crippen LogP contribution in [-0.2, 0) is 0 Å². The summed E-state index contributed by atoms with van der Waals surface area (Å²) >= 11 is 0. The van der Waals surface area contributed by atoms with Gasteiger partial charge in [-0.05, 0) is 97.1 Å². The molecule has 0 aliphatic heterocycles. The van der Waals surface area contributed by atoms with E-state index in [4.69, 9.17) is 19.9 Å². The summed E-state index contributed by atoms with van der Waals surface area (Å²) < 4.78 is 2.32. The van der Waals surface area contributed by atoms with E-state index in [2.05, 4.69) is 75.0 Å². The van der Waals surface area contributed by atoms with Crippen molar-refractivity contribution in [2.75, 3.05) is 9.80 Å². The highest BCUT2D eigenvalue weighted by Gasteiger charge is 2.21. The fraction of sp³-hybridized carbons (Fsp3) is 0. The number of fused-ring (bicyclic) bond motifs is 3. The smallest absolute Gasteiger partial charge is 0.138 e. The Morgan fingerprint density at radius 1 is 0.378 bits per heavy atom. The predicted octanol–water partition coefficient (Wildman–Crippen LogP) is 9.30. The molecule has 0 aliphatic rings. The minimum absolute atomic E-state index is 0.791. The quantitative estimate of drug-likeness (QED) is 0.187. The summed E-state index contributed by atoms with van der Waals surface area (Å²) in [5.41, 5.74) is 5.21. The number of rotatable bonds is 7. The van der Waals surface area contributed by atoms with Gasteiger partial charge in [-0.15, -0.1) is 0 Å². The van der Waals surface area contributed by atoms with Gasteiger partial charge in [0.25, 0.3) is 0 Å². The van der Waals surface area contributed by atoms with Gasteiger partial charge in [-0.3, -0.25) is 9.80 Å². The molecule has 5 aromatic heterocycles. The Bertz CT molecular complexity index is 1980. The van der Waals surface area contributed by atoms with Crippen LogP contribution in [0, 0.1) is 0 Å². The maximum absolute atomic E-state index is 4.69. The average Bonchev–Trinajstić information content (AvgIpc) is 3.44. The lowest BCUT2D eigenvalue weighted by Gasteiger charge is -2.23. The van der Waals surface area contributed by atoms with Crippen LogP contribution >= 0.6 is 0 Å². The minimum atomic E-state index is 0.791. The molecule has 0 N–H and O–H groups in total. The molecule has 0 spiro atoms. The highest BCUT2D eigenvalue weighted by Crippen LogP contribution is 2.41. The Kier molecular flexibility index (Phi) is 6.66. The molecule has 5 heterocycles. The van der Waals surface area contributed by atoms with E-state index in [1.807, 2.05) is 78.9 Å². The van der Waals surface area contributed by atoms with Crippen molar-refractivity contribution in [1.29, 1.82) is 0 Å². The van der Waals surface area contributed by atoms with Gasteiger partial charge in [0.05, 0.1) is 11.0 Å². The number of hydrogen-bond acceptors (Lipinski definition) is 6. The molecule has 8 rings (SSSR count). The highest BCUT2D eigenvalue weighted by atomic mass is 15.2. The van der Waals surface area contributed by atoms with Crippen molar-refractivity contribution in [2.24, 2.45) is 0 Å². The molecule has 214 valence electrons. The molecular weight excluding hydrogens is 554 g/mol. The van der Waals surface area contributed by atoms with Crippen LogP contribution in [0.4, 0.5) is 34.6 Å². The van der Waals surface area contributed by atoms with E-state index in [1.165, 1.54) is 0 Å². The van der Waals surface area contributed by atoms with Gasteiger partial charge >= 0.3 is 0 Å². The number of nitrogens with zero attached hydrogens (tertiary/aromatic N) is 7. The van der Waals surface area contributed by atoms with E-state index in [0.717, 1.165) is 62.1 Å². The van der Waals surface area contributed by atoms with Gasteiger partial charge in [-0.25, -0.2) is 19.9 Å². The van der Waals surface area contributed by atoms with E-state index in [1.54, 1.807) is 24.8 Å². The monoisotopic (exact) mass is 581 g/mol. The topological polar surface area (TPSA) is 63.0 Å². The maximum atomic E-state index is 4.69. The molecule has 0 saturated carbocycles. The molecule has 0 unspecified atom stereocenters. The van der Waals surface area contributed by atoms with Gasteiger partial charge < -0.3 is 4.57 Å². The molecule has 0 fully saturated rings. The van der Waals surface area contributed by atoms with Crippen LogP contribution in [0.5, 0.6) is 0 Å². The Hall–Kier alpha value is -6.34. The Labute approximate surface area is 260 Å². The summed E-state index contributed by atoms with van der Waals surface area (Å²) in [6, 6.07) is 47.3. The molecule has 0 radical (unpaired) electrons. The Morgan fingerprint density at radius 2 is 0.756 bits per heavy atom. The van der Waals surface area contributed by atoms with Crippen molar-refractivity contribution in [2.45, 2.75) is 0 Å². The van der Waals surface area contributed by atoms with Crippen molar-refractivity contribution in [3.8, 4) is 5.69 Å². The van der Waals surface area contributed by atoms with E-state index in [9.17, 15) is 0 Å². The van der Waals surface area contributed by atoms with Crippen molar-refractivity contribution >= 4 is 56.5 Å². The van der Waals surface area contributed by atoms with E-state index < -0.39 is 0 Å². The lowest BCUT2D eigenvalue weighted by molar-refractivity contribution is 1.12. The summed E-state index contributed by atoms with van der Waals surface area (Å²) in [6.07, 6.45) is 7.23. The number of hydrogen-bond donors (Lipinski definition) is 0. The fourth-order valence-corrected chi connectivity index (χ4v) is 5.84. The summed E-state index contributed by atoms with van der Waals surface area (Å²) in [5, 5.41) is 2.21. The first-order chi connectivity index (χ1) is 22.3. The first-order valence-corrected chi connectivity index (χ1v) is 14.7. The van der Waals surface area contributed by atoms with Gasteiger partial charge in [0.1, 0.15) is 23.3 Å². The summed E-state index contributed by atoms with van der Waals surface area (Å²) in [7, 11) is 0. The standard InChI is InChI=1S/C38H27N7/c1-2-12-28(13-3-1)43-33-20-18-29(44(35-14-4-8-22-39-35)36-15-5-9-23-40-36)26-31(33)32-27-30(19-21-34(32)43)45(37-16-6-10-24-41-37)38-17-7-11-25-42-38/h1-27H. The zero-order valence-corrected chi connectivity index (χ0v) is 24.2. The molecule has 0 saturated heterocycles. The Balaban J connectivity index is 1.39. The molecule has 0 atom stereocenters. The number of anilines is 6. The van der Waals surface area contributed by atoms with Crippen LogP contribution < -0.4 is 9.80 Å². The maximum Gasteiger partial charge on any atom is 0.138 e. The van der Waals surface area contributed by atoms with Crippen LogP contribution in [0.1, 0.15) is 0 Å². The third-order valence-electron chi connectivity index (χ3n) is 7.78. The predicted molar refractivity (Wildman–Crippen MR) is 181 cm³/mol. The summed E-state index contributed by atoms with van der Waals surface area (Å²) in [4.78, 5) is 22.9. The first-order valence-electron chi connectivity index (χ1n) is 14.7. The number of aromatic nitrogens is 5. The van der Waals surface area contributed by atoms with Crippen molar-refractivity contribution in [3.63, 3.8) is 0 Å². The molecule has 7 heteroatoms. The second kappa shape index (κ2) is 11.4. The van der Waals surface area contributed by atoms with Crippen LogP contribution in [0.25, 0.3) is 27.5 Å². The van der Waals surface area contributed by atoms with Crippen LogP contribution in [0.2, 0.25) is 0 Å². The number of pyridine rings is 4. The van der Waals surface area contributed by atoms with Crippen molar-refractivity contribution in [1.82, 2.24) is 24.5 Å². The molecule has 45 heavy (non-hydrogen) atoms. The fourth-order valence-electron chi connectivity index (χ4n) is 5.84. The molecule has 3 aromatic carbocycles. The van der Waals surface area contributed by atoms with Crippen molar-refractivity contribution < 1.29 is 0 Å². The first kappa shape index (κ1) is 26.3. The van der Waals surface area contributed by atoms with Crippen LogP contribution in [0.3, 0.4) is 0 Å². The minimum Gasteiger partial charge on any atom is -0.309 e. The number of para-hydroxylation sites is 1. The molecule has 7 nitrogen and oxygen atoms in total. The SMILES string of the molecule is c1ccc(-n2c3ccc(N(c4ccccn4)c4ccccn4)cc3c3cc(N(c4ccccn4)c4ccccn4)ccc32)cc1. The van der Waals surface area contributed by atoms with Gasteiger partial charge in [0.2, 0.25) is 0 Å². The highest BCUT2D eigenvalue weighted by molar-refractivity contribution is 6.12. The Morgan fingerprint density at radius 3 is 1.11 bits per heavy atom.